The zero-order chi connectivity index (χ0) is 14.0. The van der Waals surface area contributed by atoms with Crippen molar-refractivity contribution in [3.8, 4) is 5.75 Å². The molecule has 2 aromatic rings. The van der Waals surface area contributed by atoms with Gasteiger partial charge in [-0.15, -0.1) is 0 Å². The lowest BCUT2D eigenvalue weighted by Gasteiger charge is -2.04. The number of amides is 1. The first-order valence-corrected chi connectivity index (χ1v) is 5.95. The van der Waals surface area contributed by atoms with E-state index in [0.29, 0.717) is 11.3 Å². The van der Waals surface area contributed by atoms with E-state index in [9.17, 15) is 9.59 Å². The van der Waals surface area contributed by atoms with Gasteiger partial charge in [0, 0.05) is 29.7 Å². The third-order valence-corrected chi connectivity index (χ3v) is 3.06. The number of likely N-dealkylation sites (N-methyl/N-ethyl adjacent to an activating group) is 1. The van der Waals surface area contributed by atoms with Crippen molar-refractivity contribution in [2.75, 3.05) is 14.2 Å². The van der Waals surface area contributed by atoms with Crippen molar-refractivity contribution in [1.82, 2.24) is 9.88 Å². The van der Waals surface area contributed by atoms with E-state index in [2.05, 4.69) is 5.32 Å². The Bertz CT molecular complexity index is 643. The van der Waals surface area contributed by atoms with Crippen LogP contribution in [0.25, 0.3) is 10.9 Å². The monoisotopic (exact) mass is 260 g/mol. The molecule has 0 radical (unpaired) electrons. The van der Waals surface area contributed by atoms with E-state index < -0.39 is 0 Å². The van der Waals surface area contributed by atoms with E-state index >= 15 is 0 Å². The molecule has 5 nitrogen and oxygen atoms in total. The molecule has 0 bridgehead atoms. The highest BCUT2D eigenvalue weighted by Crippen LogP contribution is 2.26. The van der Waals surface area contributed by atoms with E-state index in [0.717, 1.165) is 10.9 Å². The quantitative estimate of drug-likeness (QED) is 0.849. The molecule has 0 unspecified atom stereocenters. The summed E-state index contributed by atoms with van der Waals surface area (Å²) in [6.07, 6.45) is 1.71. The van der Waals surface area contributed by atoms with Gasteiger partial charge >= 0.3 is 0 Å². The normalized spacial score (nSPS) is 10.5. The first-order valence-electron chi connectivity index (χ1n) is 5.95. The number of nitrogens with zero attached hydrogens (tertiary/aromatic N) is 1. The van der Waals surface area contributed by atoms with E-state index in [4.69, 9.17) is 4.74 Å². The summed E-state index contributed by atoms with van der Waals surface area (Å²) in [7, 11) is 3.17. The largest absolute Gasteiger partial charge is 0.497 e. The van der Waals surface area contributed by atoms with Crippen molar-refractivity contribution in [3.63, 3.8) is 0 Å². The van der Waals surface area contributed by atoms with Gasteiger partial charge < -0.3 is 14.6 Å². The Morgan fingerprint density at radius 2 is 2.11 bits per heavy atom. The first-order chi connectivity index (χ1) is 9.06. The maximum Gasteiger partial charge on any atom is 0.239 e. The molecule has 0 aliphatic rings. The standard InChI is InChI=1S/C14H16N2O3/c1-9(17)12-7-16(8-14(18)15-2)13-5-4-10(19-3)6-11(12)13/h4-7H,8H2,1-3H3,(H,15,18). The van der Waals surface area contributed by atoms with Gasteiger partial charge in [-0.1, -0.05) is 0 Å². The number of nitrogens with one attached hydrogen (secondary N) is 1. The summed E-state index contributed by atoms with van der Waals surface area (Å²) in [5.74, 6) is 0.546. The maximum atomic E-state index is 11.7. The predicted molar refractivity (Wildman–Crippen MR) is 72.6 cm³/mol. The molecule has 0 atom stereocenters. The van der Waals surface area contributed by atoms with Gasteiger partial charge in [0.1, 0.15) is 12.3 Å². The highest BCUT2D eigenvalue weighted by Gasteiger charge is 2.14. The zero-order valence-electron chi connectivity index (χ0n) is 11.2. The van der Waals surface area contributed by atoms with Gasteiger partial charge in [0.2, 0.25) is 5.91 Å². The topological polar surface area (TPSA) is 60.3 Å². The Labute approximate surface area is 111 Å². The second-order valence-corrected chi connectivity index (χ2v) is 4.28. The molecule has 0 aliphatic heterocycles. The van der Waals surface area contributed by atoms with E-state index in [1.165, 1.54) is 6.92 Å². The van der Waals surface area contributed by atoms with E-state index in [1.807, 2.05) is 18.2 Å². The minimum absolute atomic E-state index is 0.0334. The van der Waals surface area contributed by atoms with Gasteiger partial charge in [-0.05, 0) is 25.1 Å². The molecule has 1 N–H and O–H groups in total. The van der Waals surface area contributed by atoms with Crippen LogP contribution in [0.1, 0.15) is 17.3 Å². The summed E-state index contributed by atoms with van der Waals surface area (Å²) in [6.45, 7) is 1.70. The van der Waals surface area contributed by atoms with Crippen molar-refractivity contribution in [2.24, 2.45) is 0 Å². The number of fused-ring (bicyclic) bond motifs is 1. The van der Waals surface area contributed by atoms with Crippen LogP contribution in [0.5, 0.6) is 5.75 Å². The molecule has 0 saturated carbocycles. The third-order valence-electron chi connectivity index (χ3n) is 3.06. The van der Waals surface area contributed by atoms with Gasteiger partial charge in [-0.3, -0.25) is 9.59 Å². The Morgan fingerprint density at radius 3 is 2.68 bits per heavy atom. The van der Waals surface area contributed by atoms with Crippen LogP contribution < -0.4 is 10.1 Å². The summed E-state index contributed by atoms with van der Waals surface area (Å²) in [5.41, 5.74) is 1.44. The van der Waals surface area contributed by atoms with Crippen LogP contribution in [0.3, 0.4) is 0 Å². The molecule has 2 rings (SSSR count). The molecule has 1 aromatic heterocycles. The van der Waals surface area contributed by atoms with E-state index in [1.54, 1.807) is 24.9 Å². The number of carbonyl (C=O) groups is 2. The molecular formula is C14H16N2O3. The fourth-order valence-corrected chi connectivity index (χ4v) is 2.05. The van der Waals surface area contributed by atoms with Crippen LogP contribution in [0.2, 0.25) is 0 Å². The number of Topliss-reactive ketones (excluding diaryl/α,β-unsaturated/α-hetero) is 1. The number of hydrogen-bond donors (Lipinski definition) is 1. The number of rotatable bonds is 4. The van der Waals surface area contributed by atoms with Crippen LogP contribution in [0.4, 0.5) is 0 Å². The second kappa shape index (κ2) is 5.14. The lowest BCUT2D eigenvalue weighted by atomic mass is 10.1. The SMILES string of the molecule is CNC(=O)Cn1cc(C(C)=O)c2cc(OC)ccc21. The Hall–Kier alpha value is -2.30. The molecule has 100 valence electrons. The minimum Gasteiger partial charge on any atom is -0.497 e. The highest BCUT2D eigenvalue weighted by molar-refractivity contribution is 6.07. The molecule has 0 fully saturated rings. The number of benzene rings is 1. The average Bonchev–Trinajstić information content (AvgIpc) is 2.76. The molecule has 0 aliphatic carbocycles. The lowest BCUT2D eigenvalue weighted by Crippen LogP contribution is -2.23. The number of methoxy groups -OCH3 is 1. The van der Waals surface area contributed by atoms with Gasteiger partial charge in [-0.2, -0.15) is 0 Å². The Balaban J connectivity index is 2.60. The summed E-state index contributed by atoms with van der Waals surface area (Å²) in [4.78, 5) is 23.2. The zero-order valence-corrected chi connectivity index (χ0v) is 11.2. The number of carbonyl (C=O) groups excluding carboxylic acids is 2. The third kappa shape index (κ3) is 2.45. The summed E-state index contributed by atoms with van der Waals surface area (Å²) < 4.78 is 6.94. The first kappa shape index (κ1) is 13.1. The van der Waals surface area contributed by atoms with Crippen LogP contribution in [-0.4, -0.2) is 30.4 Å². The van der Waals surface area contributed by atoms with Crippen LogP contribution in [-0.2, 0) is 11.3 Å². The van der Waals surface area contributed by atoms with Gasteiger partial charge in [0.25, 0.3) is 0 Å². The van der Waals surface area contributed by atoms with Gasteiger partial charge in [0.05, 0.1) is 7.11 Å². The highest BCUT2D eigenvalue weighted by atomic mass is 16.5. The molecule has 0 saturated heterocycles. The Kier molecular flexibility index (Phi) is 3.55. The summed E-state index contributed by atoms with van der Waals surface area (Å²) in [6, 6.07) is 5.47. The molecule has 1 amide bonds. The van der Waals surface area contributed by atoms with Crippen molar-refractivity contribution < 1.29 is 14.3 Å². The van der Waals surface area contributed by atoms with Gasteiger partial charge in [0.15, 0.2) is 5.78 Å². The minimum atomic E-state index is -0.108. The Morgan fingerprint density at radius 1 is 1.37 bits per heavy atom. The number of hydrogen-bond acceptors (Lipinski definition) is 3. The number of ether oxygens (including phenoxy) is 1. The smallest absolute Gasteiger partial charge is 0.239 e. The van der Waals surface area contributed by atoms with Crippen LogP contribution in [0.15, 0.2) is 24.4 Å². The van der Waals surface area contributed by atoms with Crippen molar-refractivity contribution in [1.29, 1.82) is 0 Å². The molecule has 5 heteroatoms. The summed E-state index contributed by atoms with van der Waals surface area (Å²) >= 11 is 0. The fourth-order valence-electron chi connectivity index (χ4n) is 2.05. The van der Waals surface area contributed by atoms with Crippen molar-refractivity contribution in [3.05, 3.63) is 30.0 Å². The second-order valence-electron chi connectivity index (χ2n) is 4.28. The molecular weight excluding hydrogens is 244 g/mol. The van der Waals surface area contributed by atoms with Gasteiger partial charge in [-0.25, -0.2) is 0 Å². The molecule has 1 aromatic carbocycles. The average molecular weight is 260 g/mol. The van der Waals surface area contributed by atoms with Crippen LogP contribution >= 0.6 is 0 Å². The van der Waals surface area contributed by atoms with Crippen molar-refractivity contribution >= 4 is 22.6 Å². The maximum absolute atomic E-state index is 11.7. The molecule has 19 heavy (non-hydrogen) atoms. The number of aromatic nitrogens is 1. The summed E-state index contributed by atoms with van der Waals surface area (Å²) in [5, 5.41) is 3.37. The fraction of sp³-hybridized carbons (Fsp3) is 0.286. The lowest BCUT2D eigenvalue weighted by molar-refractivity contribution is -0.121. The van der Waals surface area contributed by atoms with Crippen molar-refractivity contribution in [2.45, 2.75) is 13.5 Å². The molecule has 1 heterocycles. The number of ketones is 1. The van der Waals surface area contributed by atoms with E-state index in [-0.39, 0.29) is 18.2 Å². The predicted octanol–water partition coefficient (Wildman–Crippen LogP) is 1.60. The van der Waals surface area contributed by atoms with Crippen LogP contribution in [0, 0.1) is 0 Å². The molecule has 0 spiro atoms.